The number of carbonyl (C=O) groups excluding carboxylic acids is 3. The molecule has 0 bridgehead atoms. The van der Waals surface area contributed by atoms with Crippen LogP contribution in [0.2, 0.25) is 0 Å². The first-order valence-corrected chi connectivity index (χ1v) is 13.6. The predicted octanol–water partition coefficient (Wildman–Crippen LogP) is 5.48. The number of benzene rings is 1. The van der Waals surface area contributed by atoms with E-state index in [1.54, 1.807) is 47.6 Å². The Kier molecular flexibility index (Phi) is 12.2. The van der Waals surface area contributed by atoms with E-state index in [2.05, 4.69) is 0 Å². The summed E-state index contributed by atoms with van der Waals surface area (Å²) in [5.41, 5.74) is 4.99. The standard InChI is InChI=1S/C30H47NO8/c1-11-29(7,8)27(35)38-21-14-13-20(16-22(21)39-28(36)30(9,10)12-2)24(25(31)26(33)34)18(5)19(6)37-23(32)15-17(3)4/h13-14,16-19,24-25H,11-12,15,31H2,1-10H3,(H,33,34)/t18?,19?,24?,25-/m0/s1. The van der Waals surface area contributed by atoms with Gasteiger partial charge in [-0.1, -0.05) is 40.7 Å². The van der Waals surface area contributed by atoms with Crippen molar-refractivity contribution in [1.82, 2.24) is 0 Å². The van der Waals surface area contributed by atoms with E-state index in [1.165, 1.54) is 12.1 Å². The molecule has 0 aromatic heterocycles. The zero-order chi connectivity index (χ0) is 30.3. The Labute approximate surface area is 232 Å². The first-order chi connectivity index (χ1) is 17.9. The van der Waals surface area contributed by atoms with Gasteiger partial charge < -0.3 is 25.1 Å². The van der Waals surface area contributed by atoms with Gasteiger partial charge in [-0.15, -0.1) is 0 Å². The van der Waals surface area contributed by atoms with Crippen molar-refractivity contribution in [2.45, 2.75) is 107 Å². The molecule has 3 N–H and O–H groups in total. The molecule has 39 heavy (non-hydrogen) atoms. The second-order valence-electron chi connectivity index (χ2n) is 12.0. The molecule has 1 aromatic carbocycles. The number of nitrogens with two attached hydrogens (primary N) is 1. The number of esters is 3. The molecule has 0 spiro atoms. The molecule has 0 saturated heterocycles. The van der Waals surface area contributed by atoms with Gasteiger partial charge in [0.2, 0.25) is 0 Å². The van der Waals surface area contributed by atoms with Crippen LogP contribution in [0.15, 0.2) is 18.2 Å². The minimum Gasteiger partial charge on any atom is -0.480 e. The summed E-state index contributed by atoms with van der Waals surface area (Å²) in [6.45, 7) is 17.9. The maximum Gasteiger partial charge on any atom is 0.321 e. The Hall–Kier alpha value is -2.94. The Morgan fingerprint density at radius 3 is 1.79 bits per heavy atom. The molecule has 220 valence electrons. The summed E-state index contributed by atoms with van der Waals surface area (Å²) in [5, 5.41) is 9.80. The van der Waals surface area contributed by atoms with Crippen molar-refractivity contribution < 1.29 is 38.5 Å². The molecule has 0 amide bonds. The Bertz CT molecular complexity index is 1030. The SMILES string of the molecule is CCC(C)(C)C(=O)Oc1ccc(C(C(C)C(C)OC(=O)CC(C)C)[C@H](N)C(=O)O)cc1OC(=O)C(C)(C)CC. The third-order valence-corrected chi connectivity index (χ3v) is 7.50. The van der Waals surface area contributed by atoms with E-state index in [4.69, 9.17) is 19.9 Å². The summed E-state index contributed by atoms with van der Waals surface area (Å²) in [6, 6.07) is 3.20. The second-order valence-corrected chi connectivity index (χ2v) is 12.0. The lowest BCUT2D eigenvalue weighted by atomic mass is 9.79. The van der Waals surface area contributed by atoms with Crippen LogP contribution in [0.5, 0.6) is 11.5 Å². The maximum absolute atomic E-state index is 13.0. The molecule has 0 saturated carbocycles. The topological polar surface area (TPSA) is 142 Å². The molecule has 3 unspecified atom stereocenters. The predicted molar refractivity (Wildman–Crippen MR) is 148 cm³/mol. The minimum atomic E-state index is -1.35. The number of hydrogen-bond acceptors (Lipinski definition) is 8. The number of ether oxygens (including phenoxy) is 3. The molecule has 0 aliphatic rings. The van der Waals surface area contributed by atoms with E-state index in [9.17, 15) is 24.3 Å². The quantitative estimate of drug-likeness (QED) is 0.228. The highest BCUT2D eigenvalue weighted by molar-refractivity contribution is 5.82. The van der Waals surface area contributed by atoms with Crippen LogP contribution < -0.4 is 15.2 Å². The Morgan fingerprint density at radius 2 is 1.36 bits per heavy atom. The molecular formula is C30H47NO8. The van der Waals surface area contributed by atoms with Gasteiger partial charge in [0, 0.05) is 18.3 Å². The number of carboxylic acids is 1. The average Bonchev–Trinajstić information content (AvgIpc) is 2.84. The fourth-order valence-electron chi connectivity index (χ4n) is 3.64. The van der Waals surface area contributed by atoms with Crippen molar-refractivity contribution in [2.24, 2.45) is 28.4 Å². The van der Waals surface area contributed by atoms with Gasteiger partial charge in [0.25, 0.3) is 0 Å². The van der Waals surface area contributed by atoms with Gasteiger partial charge in [-0.2, -0.15) is 0 Å². The Morgan fingerprint density at radius 1 is 0.872 bits per heavy atom. The average molecular weight is 550 g/mol. The minimum absolute atomic E-state index is 0.0153. The van der Waals surface area contributed by atoms with Gasteiger partial charge in [-0.05, 0) is 71.1 Å². The van der Waals surface area contributed by atoms with Crippen LogP contribution in [0.1, 0.15) is 100.0 Å². The zero-order valence-electron chi connectivity index (χ0n) is 25.1. The third kappa shape index (κ3) is 9.34. The van der Waals surface area contributed by atoms with Crippen molar-refractivity contribution in [3.05, 3.63) is 23.8 Å². The molecule has 1 rings (SSSR count). The van der Waals surface area contributed by atoms with Gasteiger partial charge in [0.05, 0.1) is 10.8 Å². The highest BCUT2D eigenvalue weighted by atomic mass is 16.6. The first-order valence-electron chi connectivity index (χ1n) is 13.6. The smallest absolute Gasteiger partial charge is 0.321 e. The van der Waals surface area contributed by atoms with Crippen molar-refractivity contribution in [3.8, 4) is 11.5 Å². The molecule has 0 heterocycles. The second kappa shape index (κ2) is 13.9. The lowest BCUT2D eigenvalue weighted by Crippen LogP contribution is -2.42. The number of aliphatic carboxylic acids is 1. The van der Waals surface area contributed by atoms with E-state index in [0.29, 0.717) is 18.4 Å². The van der Waals surface area contributed by atoms with Crippen molar-refractivity contribution in [3.63, 3.8) is 0 Å². The van der Waals surface area contributed by atoms with E-state index in [-0.39, 0.29) is 29.8 Å². The van der Waals surface area contributed by atoms with Crippen LogP contribution in [0.3, 0.4) is 0 Å². The van der Waals surface area contributed by atoms with Crippen LogP contribution in [-0.4, -0.2) is 41.1 Å². The highest BCUT2D eigenvalue weighted by Crippen LogP contribution is 2.39. The summed E-state index contributed by atoms with van der Waals surface area (Å²) in [4.78, 5) is 50.1. The molecule has 9 nitrogen and oxygen atoms in total. The third-order valence-electron chi connectivity index (χ3n) is 7.50. The summed E-state index contributed by atoms with van der Waals surface area (Å²) in [7, 11) is 0. The molecule has 0 aliphatic heterocycles. The summed E-state index contributed by atoms with van der Waals surface area (Å²) < 4.78 is 17.0. The van der Waals surface area contributed by atoms with E-state index < -0.39 is 52.7 Å². The van der Waals surface area contributed by atoms with Crippen molar-refractivity contribution >= 4 is 23.9 Å². The lowest BCUT2D eigenvalue weighted by Gasteiger charge is -2.32. The first kappa shape index (κ1) is 34.1. The van der Waals surface area contributed by atoms with Crippen LogP contribution >= 0.6 is 0 Å². The van der Waals surface area contributed by atoms with E-state index in [0.717, 1.165) is 0 Å². The fourth-order valence-corrected chi connectivity index (χ4v) is 3.64. The number of hydrogen-bond donors (Lipinski definition) is 2. The van der Waals surface area contributed by atoms with Gasteiger partial charge >= 0.3 is 23.9 Å². The molecule has 0 aliphatic carbocycles. The molecule has 9 heteroatoms. The number of carboxylic acid groups (broad SMARTS) is 1. The van der Waals surface area contributed by atoms with Crippen LogP contribution in [0.4, 0.5) is 0 Å². The van der Waals surface area contributed by atoms with Crippen LogP contribution in [-0.2, 0) is 23.9 Å². The lowest BCUT2D eigenvalue weighted by molar-refractivity contribution is -0.152. The molecule has 0 fully saturated rings. The van der Waals surface area contributed by atoms with Crippen LogP contribution in [0.25, 0.3) is 0 Å². The number of rotatable bonds is 14. The van der Waals surface area contributed by atoms with Crippen LogP contribution in [0, 0.1) is 22.7 Å². The monoisotopic (exact) mass is 549 g/mol. The highest BCUT2D eigenvalue weighted by Gasteiger charge is 2.37. The molecule has 1 aromatic rings. The largest absolute Gasteiger partial charge is 0.480 e. The fraction of sp³-hybridized carbons (Fsp3) is 0.667. The van der Waals surface area contributed by atoms with Crippen molar-refractivity contribution in [2.75, 3.05) is 0 Å². The molecular weight excluding hydrogens is 502 g/mol. The summed E-state index contributed by atoms with van der Waals surface area (Å²) in [5.74, 6) is -3.86. The summed E-state index contributed by atoms with van der Waals surface area (Å²) in [6.07, 6.45) is 0.614. The number of carbonyl (C=O) groups is 4. The van der Waals surface area contributed by atoms with Gasteiger partial charge in [0.1, 0.15) is 12.1 Å². The van der Waals surface area contributed by atoms with E-state index >= 15 is 0 Å². The van der Waals surface area contributed by atoms with Gasteiger partial charge in [0.15, 0.2) is 11.5 Å². The Balaban J connectivity index is 3.59. The summed E-state index contributed by atoms with van der Waals surface area (Å²) >= 11 is 0. The normalized spacial score (nSPS) is 15.2. The maximum atomic E-state index is 13.0. The zero-order valence-corrected chi connectivity index (χ0v) is 25.1. The van der Waals surface area contributed by atoms with Crippen molar-refractivity contribution in [1.29, 1.82) is 0 Å². The van der Waals surface area contributed by atoms with E-state index in [1.807, 2.05) is 27.7 Å². The van der Waals surface area contributed by atoms with Gasteiger partial charge in [-0.3, -0.25) is 19.2 Å². The van der Waals surface area contributed by atoms with Gasteiger partial charge in [-0.25, -0.2) is 0 Å². The molecule has 4 atom stereocenters. The molecule has 0 radical (unpaired) electrons.